The molecule has 1 amide bonds. The Morgan fingerprint density at radius 3 is 2.39 bits per heavy atom. The maximum Gasteiger partial charge on any atom is 0.416 e. The van der Waals surface area contributed by atoms with Crippen LogP contribution in [0.1, 0.15) is 39.7 Å². The minimum atomic E-state index is -4.49. The zero-order valence-corrected chi connectivity index (χ0v) is 16.5. The summed E-state index contributed by atoms with van der Waals surface area (Å²) in [7, 11) is 0. The topological polar surface area (TPSA) is 113 Å². The maximum absolute atomic E-state index is 13.1. The Hall–Kier alpha value is -3.34. The second-order valence-corrected chi connectivity index (χ2v) is 7.27. The summed E-state index contributed by atoms with van der Waals surface area (Å²) in [5, 5.41) is 21.4. The normalized spacial score (nSPS) is 15.5. The molecule has 1 aromatic carbocycles. The van der Waals surface area contributed by atoms with Crippen molar-refractivity contribution < 1.29 is 37.9 Å². The van der Waals surface area contributed by atoms with Gasteiger partial charge in [-0.15, -0.1) is 0 Å². The number of nitrogens with one attached hydrogen (secondary N) is 2. The molecule has 1 unspecified atom stereocenters. The standard InChI is InChI=1S/C20H20F3N3O5/c1-2-25-9-13-14(10-25)26(8-11-3-5-12(6-4-11)20(21,22)23)19(31)16(17(13)29)18(30)24-7-15(27)28/h3-6,29H,2,7-10H2,1H3,(H,24,30)(H,27,28)/p+1. The van der Waals surface area contributed by atoms with E-state index in [4.69, 9.17) is 5.11 Å². The molecule has 4 N–H and O–H groups in total. The van der Waals surface area contributed by atoms with Gasteiger partial charge in [0.1, 0.15) is 30.9 Å². The first kappa shape index (κ1) is 22.3. The van der Waals surface area contributed by atoms with Crippen LogP contribution in [-0.2, 0) is 30.6 Å². The number of quaternary nitrogens is 1. The fourth-order valence-corrected chi connectivity index (χ4v) is 3.59. The number of aromatic hydroxyl groups is 1. The number of amides is 1. The summed E-state index contributed by atoms with van der Waals surface area (Å²) in [4.78, 5) is 37.2. The van der Waals surface area contributed by atoms with Crippen LogP contribution in [0.15, 0.2) is 29.1 Å². The van der Waals surface area contributed by atoms with E-state index in [2.05, 4.69) is 5.32 Å². The van der Waals surface area contributed by atoms with E-state index in [1.807, 2.05) is 6.92 Å². The Kier molecular flexibility index (Phi) is 6.07. The number of aliphatic carboxylic acids is 1. The van der Waals surface area contributed by atoms with Gasteiger partial charge >= 0.3 is 12.1 Å². The van der Waals surface area contributed by atoms with E-state index < -0.39 is 47.0 Å². The molecule has 1 aromatic heterocycles. The number of nitrogens with zero attached hydrogens (tertiary/aromatic N) is 1. The number of alkyl halides is 3. The van der Waals surface area contributed by atoms with Crippen molar-refractivity contribution in [3.63, 3.8) is 0 Å². The number of carboxylic acid groups (broad SMARTS) is 1. The van der Waals surface area contributed by atoms with Gasteiger partial charge in [0, 0.05) is 0 Å². The van der Waals surface area contributed by atoms with Crippen molar-refractivity contribution >= 4 is 11.9 Å². The molecule has 31 heavy (non-hydrogen) atoms. The smallest absolute Gasteiger partial charge is 0.416 e. The highest BCUT2D eigenvalue weighted by Gasteiger charge is 2.34. The minimum Gasteiger partial charge on any atom is -0.506 e. The van der Waals surface area contributed by atoms with Crippen LogP contribution in [0, 0.1) is 0 Å². The van der Waals surface area contributed by atoms with Gasteiger partial charge in [-0.3, -0.25) is 14.4 Å². The van der Waals surface area contributed by atoms with Crippen LogP contribution >= 0.6 is 0 Å². The van der Waals surface area contributed by atoms with Crippen molar-refractivity contribution in [3.05, 3.63) is 62.6 Å². The lowest BCUT2D eigenvalue weighted by atomic mass is 10.1. The molecule has 0 radical (unpaired) electrons. The number of fused-ring (bicyclic) bond motifs is 1. The summed E-state index contributed by atoms with van der Waals surface area (Å²) >= 11 is 0. The summed E-state index contributed by atoms with van der Waals surface area (Å²) in [6.45, 7) is 2.51. The molecule has 0 bridgehead atoms. The van der Waals surface area contributed by atoms with Crippen molar-refractivity contribution in [2.24, 2.45) is 0 Å². The number of rotatable bonds is 6. The summed E-state index contributed by atoms with van der Waals surface area (Å²) in [6, 6.07) is 4.31. The molecule has 0 fully saturated rings. The quantitative estimate of drug-likeness (QED) is 0.518. The van der Waals surface area contributed by atoms with Crippen LogP contribution in [0.3, 0.4) is 0 Å². The minimum absolute atomic E-state index is 0.101. The van der Waals surface area contributed by atoms with E-state index in [0.29, 0.717) is 36.5 Å². The molecule has 2 aromatic rings. The fraction of sp³-hybridized carbons (Fsp3) is 0.350. The summed E-state index contributed by atoms with van der Waals surface area (Å²) in [5.74, 6) is -2.84. The average Bonchev–Trinajstić information content (AvgIpc) is 3.14. The first-order valence-corrected chi connectivity index (χ1v) is 9.50. The molecule has 3 rings (SSSR count). The van der Waals surface area contributed by atoms with Gasteiger partial charge in [-0.2, -0.15) is 13.2 Å². The zero-order valence-electron chi connectivity index (χ0n) is 16.5. The van der Waals surface area contributed by atoms with Crippen molar-refractivity contribution in [3.8, 4) is 5.75 Å². The van der Waals surface area contributed by atoms with Gasteiger partial charge in [0.2, 0.25) is 0 Å². The number of aromatic nitrogens is 1. The van der Waals surface area contributed by atoms with Gasteiger partial charge < -0.3 is 25.0 Å². The SMILES string of the molecule is CC[NH+]1Cc2c(O)c(C(=O)NCC(=O)O)c(=O)n(Cc3ccc(C(F)(F)F)cc3)c2C1. The highest BCUT2D eigenvalue weighted by Crippen LogP contribution is 2.30. The van der Waals surface area contributed by atoms with Crippen molar-refractivity contribution in [1.29, 1.82) is 0 Å². The highest BCUT2D eigenvalue weighted by atomic mass is 19.4. The lowest BCUT2D eigenvalue weighted by molar-refractivity contribution is -0.919. The summed E-state index contributed by atoms with van der Waals surface area (Å²) < 4.78 is 39.7. The Bertz CT molecular complexity index is 1080. The number of hydrogen-bond acceptors (Lipinski definition) is 4. The van der Waals surface area contributed by atoms with Crippen molar-refractivity contribution in [2.45, 2.75) is 32.7 Å². The van der Waals surface area contributed by atoms with Gasteiger partial charge in [0.05, 0.1) is 29.9 Å². The monoisotopic (exact) mass is 440 g/mol. The Labute approximate surface area is 174 Å². The summed E-state index contributed by atoms with van der Waals surface area (Å²) in [5.41, 5.74) is -0.946. The fourth-order valence-electron chi connectivity index (χ4n) is 3.59. The van der Waals surface area contributed by atoms with Crippen LogP contribution in [0.5, 0.6) is 5.75 Å². The molecule has 0 aliphatic carbocycles. The number of hydrogen-bond donors (Lipinski definition) is 4. The largest absolute Gasteiger partial charge is 0.506 e. The number of carboxylic acids is 1. The van der Waals surface area contributed by atoms with E-state index in [1.165, 1.54) is 16.7 Å². The Morgan fingerprint density at radius 1 is 1.19 bits per heavy atom. The Balaban J connectivity index is 2.06. The van der Waals surface area contributed by atoms with E-state index in [1.54, 1.807) is 0 Å². The first-order chi connectivity index (χ1) is 14.5. The van der Waals surface area contributed by atoms with Gasteiger partial charge in [0.15, 0.2) is 0 Å². The van der Waals surface area contributed by atoms with Crippen LogP contribution < -0.4 is 15.8 Å². The second kappa shape index (κ2) is 8.42. The van der Waals surface area contributed by atoms with Crippen LogP contribution in [0.2, 0.25) is 0 Å². The third-order valence-electron chi connectivity index (χ3n) is 5.25. The molecule has 0 saturated carbocycles. The number of carbonyl (C=O) groups is 2. The van der Waals surface area contributed by atoms with E-state index in [9.17, 15) is 32.7 Å². The zero-order chi connectivity index (χ0) is 22.9. The molecule has 2 heterocycles. The van der Waals surface area contributed by atoms with Gasteiger partial charge in [-0.05, 0) is 24.6 Å². The number of benzene rings is 1. The molecular formula is C20H21F3N3O5+. The molecule has 1 aliphatic rings. The van der Waals surface area contributed by atoms with Crippen LogP contribution in [0.25, 0.3) is 0 Å². The third-order valence-corrected chi connectivity index (χ3v) is 5.25. The molecule has 0 spiro atoms. The highest BCUT2D eigenvalue weighted by molar-refractivity contribution is 5.98. The van der Waals surface area contributed by atoms with Gasteiger partial charge in [-0.1, -0.05) is 12.1 Å². The molecule has 8 nitrogen and oxygen atoms in total. The predicted octanol–water partition coefficient (Wildman–Crippen LogP) is 0.354. The van der Waals surface area contributed by atoms with Crippen molar-refractivity contribution in [2.75, 3.05) is 13.1 Å². The molecule has 0 saturated heterocycles. The molecule has 1 aliphatic heterocycles. The van der Waals surface area contributed by atoms with E-state index in [-0.39, 0.29) is 6.54 Å². The Morgan fingerprint density at radius 2 is 1.84 bits per heavy atom. The van der Waals surface area contributed by atoms with Crippen LogP contribution in [-0.4, -0.2) is 39.7 Å². The molecule has 1 atom stereocenters. The predicted molar refractivity (Wildman–Crippen MR) is 102 cm³/mol. The third kappa shape index (κ3) is 4.55. The lowest BCUT2D eigenvalue weighted by Gasteiger charge is -2.15. The van der Waals surface area contributed by atoms with Gasteiger partial charge in [-0.25, -0.2) is 0 Å². The molecular weight excluding hydrogens is 419 g/mol. The average molecular weight is 440 g/mol. The molecule has 11 heteroatoms. The van der Waals surface area contributed by atoms with E-state index in [0.717, 1.165) is 17.0 Å². The summed E-state index contributed by atoms with van der Waals surface area (Å²) in [6.07, 6.45) is -4.49. The maximum atomic E-state index is 13.1. The first-order valence-electron chi connectivity index (χ1n) is 9.50. The van der Waals surface area contributed by atoms with Crippen LogP contribution in [0.4, 0.5) is 13.2 Å². The van der Waals surface area contributed by atoms with Gasteiger partial charge in [0.25, 0.3) is 11.5 Å². The number of carbonyl (C=O) groups excluding carboxylic acids is 1. The second-order valence-electron chi connectivity index (χ2n) is 7.27. The van der Waals surface area contributed by atoms with E-state index >= 15 is 0 Å². The number of pyridine rings is 1. The number of halogens is 3. The lowest BCUT2D eigenvalue weighted by Crippen LogP contribution is -3.07. The van der Waals surface area contributed by atoms with Crippen molar-refractivity contribution in [1.82, 2.24) is 9.88 Å². The molecule has 166 valence electrons.